The van der Waals surface area contributed by atoms with Crippen molar-refractivity contribution >= 4 is 5.97 Å². The lowest BCUT2D eigenvalue weighted by atomic mass is 9.87. The average molecular weight is 249 g/mol. The summed E-state index contributed by atoms with van der Waals surface area (Å²) in [5.74, 6) is -0.440. The molecule has 2 rings (SSSR count). The topological polar surface area (TPSA) is 61.5 Å². The third-order valence-electron chi connectivity index (χ3n) is 3.35. The van der Waals surface area contributed by atoms with Gasteiger partial charge in [0.05, 0.1) is 31.3 Å². The highest BCUT2D eigenvalue weighted by molar-refractivity contribution is 5.77. The van der Waals surface area contributed by atoms with Crippen LogP contribution in [0.2, 0.25) is 0 Å². The minimum Gasteiger partial charge on any atom is -0.466 e. The first-order valence-corrected chi connectivity index (χ1v) is 6.20. The van der Waals surface area contributed by atoms with Crippen molar-refractivity contribution in [2.24, 2.45) is 5.73 Å². The van der Waals surface area contributed by atoms with Crippen LogP contribution in [0.25, 0.3) is 0 Å². The van der Waals surface area contributed by atoms with E-state index in [-0.39, 0.29) is 17.4 Å². The molecule has 0 spiro atoms. The molecule has 0 aliphatic carbocycles. The Labute approximate surface area is 107 Å². The molecular weight excluding hydrogens is 230 g/mol. The zero-order valence-electron chi connectivity index (χ0n) is 10.8. The molecule has 0 saturated carbocycles. The van der Waals surface area contributed by atoms with Crippen LogP contribution in [-0.2, 0) is 19.8 Å². The fourth-order valence-corrected chi connectivity index (χ4v) is 2.00. The van der Waals surface area contributed by atoms with Crippen LogP contribution in [0.5, 0.6) is 0 Å². The second kappa shape index (κ2) is 5.08. The van der Waals surface area contributed by atoms with Crippen molar-refractivity contribution in [3.05, 3.63) is 35.4 Å². The molecule has 1 unspecified atom stereocenters. The Hall–Kier alpha value is -1.39. The molecule has 0 aromatic heterocycles. The lowest BCUT2D eigenvalue weighted by molar-refractivity contribution is -0.144. The molecule has 1 saturated heterocycles. The molecule has 1 aromatic carbocycles. The first kappa shape index (κ1) is 13.1. The molecule has 1 fully saturated rings. The lowest BCUT2D eigenvalue weighted by Gasteiger charge is -2.38. The fraction of sp³-hybridized carbons (Fsp3) is 0.500. The largest absolute Gasteiger partial charge is 0.466 e. The number of nitrogens with two attached hydrogens (primary N) is 1. The Bertz CT molecular complexity index is 423. The fourth-order valence-electron chi connectivity index (χ4n) is 2.00. The van der Waals surface area contributed by atoms with Crippen molar-refractivity contribution in [2.45, 2.75) is 25.3 Å². The van der Waals surface area contributed by atoms with Gasteiger partial charge >= 0.3 is 5.97 Å². The summed E-state index contributed by atoms with van der Waals surface area (Å²) >= 11 is 0. The van der Waals surface area contributed by atoms with E-state index in [0.717, 1.165) is 11.1 Å². The van der Waals surface area contributed by atoms with Gasteiger partial charge in [-0.25, -0.2) is 0 Å². The SMILES string of the molecule is CCOC(=O)C(C)c1ccc(C2(N)COC2)cc1. The minimum absolute atomic E-state index is 0.195. The molecule has 4 heteroatoms. The maximum Gasteiger partial charge on any atom is 0.313 e. The van der Waals surface area contributed by atoms with Gasteiger partial charge < -0.3 is 15.2 Å². The summed E-state index contributed by atoms with van der Waals surface area (Å²) in [6.45, 7) is 5.17. The molecule has 1 aromatic rings. The summed E-state index contributed by atoms with van der Waals surface area (Å²) in [4.78, 5) is 11.6. The third kappa shape index (κ3) is 2.40. The number of carbonyl (C=O) groups is 1. The number of ether oxygens (including phenoxy) is 2. The highest BCUT2D eigenvalue weighted by atomic mass is 16.5. The van der Waals surface area contributed by atoms with Gasteiger partial charge in [0.25, 0.3) is 0 Å². The van der Waals surface area contributed by atoms with Crippen LogP contribution in [0.4, 0.5) is 0 Å². The Balaban J connectivity index is 2.10. The van der Waals surface area contributed by atoms with E-state index in [9.17, 15) is 4.79 Å². The molecule has 2 N–H and O–H groups in total. The number of esters is 1. The van der Waals surface area contributed by atoms with E-state index in [1.165, 1.54) is 0 Å². The Morgan fingerprint density at radius 1 is 1.44 bits per heavy atom. The van der Waals surface area contributed by atoms with Crippen LogP contribution >= 0.6 is 0 Å². The lowest BCUT2D eigenvalue weighted by Crippen LogP contribution is -2.54. The van der Waals surface area contributed by atoms with E-state index in [1.54, 1.807) is 0 Å². The van der Waals surface area contributed by atoms with E-state index in [0.29, 0.717) is 19.8 Å². The number of hydrogen-bond acceptors (Lipinski definition) is 4. The maximum absolute atomic E-state index is 11.6. The Morgan fingerprint density at radius 3 is 2.50 bits per heavy atom. The van der Waals surface area contributed by atoms with Gasteiger partial charge in [0.2, 0.25) is 0 Å². The van der Waals surface area contributed by atoms with Gasteiger partial charge in [0, 0.05) is 0 Å². The van der Waals surface area contributed by atoms with Crippen LogP contribution in [0.1, 0.15) is 30.9 Å². The van der Waals surface area contributed by atoms with Crippen molar-refractivity contribution in [1.29, 1.82) is 0 Å². The summed E-state index contributed by atoms with van der Waals surface area (Å²) in [6.07, 6.45) is 0. The molecule has 0 radical (unpaired) electrons. The highest BCUT2D eigenvalue weighted by Crippen LogP contribution is 2.28. The van der Waals surface area contributed by atoms with Gasteiger partial charge in [-0.05, 0) is 25.0 Å². The van der Waals surface area contributed by atoms with E-state index < -0.39 is 0 Å². The molecular formula is C14H19NO3. The predicted octanol–water partition coefficient (Wildman–Crippen LogP) is 1.54. The summed E-state index contributed by atoms with van der Waals surface area (Å²) in [5.41, 5.74) is 7.78. The summed E-state index contributed by atoms with van der Waals surface area (Å²) in [6, 6.07) is 7.80. The second-order valence-electron chi connectivity index (χ2n) is 4.74. The van der Waals surface area contributed by atoms with Crippen LogP contribution in [0.15, 0.2) is 24.3 Å². The maximum atomic E-state index is 11.6. The summed E-state index contributed by atoms with van der Waals surface area (Å²) in [5, 5.41) is 0. The van der Waals surface area contributed by atoms with Crippen LogP contribution in [0.3, 0.4) is 0 Å². The first-order chi connectivity index (χ1) is 8.57. The molecule has 1 heterocycles. The summed E-state index contributed by atoms with van der Waals surface area (Å²) in [7, 11) is 0. The zero-order valence-corrected chi connectivity index (χ0v) is 10.8. The first-order valence-electron chi connectivity index (χ1n) is 6.20. The summed E-state index contributed by atoms with van der Waals surface area (Å²) < 4.78 is 10.1. The molecule has 4 nitrogen and oxygen atoms in total. The molecule has 1 atom stereocenters. The van der Waals surface area contributed by atoms with E-state index >= 15 is 0 Å². The van der Waals surface area contributed by atoms with Crippen molar-refractivity contribution < 1.29 is 14.3 Å². The number of rotatable bonds is 4. The molecule has 0 amide bonds. The predicted molar refractivity (Wildman–Crippen MR) is 68.2 cm³/mol. The van der Waals surface area contributed by atoms with Crippen LogP contribution < -0.4 is 5.73 Å². The van der Waals surface area contributed by atoms with E-state index in [1.807, 2.05) is 38.1 Å². The van der Waals surface area contributed by atoms with E-state index in [4.69, 9.17) is 15.2 Å². The standard InChI is InChI=1S/C14H19NO3/c1-3-18-13(16)10(2)11-4-6-12(7-5-11)14(15)8-17-9-14/h4-7,10H,3,8-9,15H2,1-2H3. The van der Waals surface area contributed by atoms with E-state index in [2.05, 4.69) is 0 Å². The van der Waals surface area contributed by atoms with Crippen LogP contribution in [-0.4, -0.2) is 25.8 Å². The third-order valence-corrected chi connectivity index (χ3v) is 3.35. The van der Waals surface area contributed by atoms with Crippen LogP contribution in [0, 0.1) is 0 Å². The normalized spacial score (nSPS) is 18.8. The Morgan fingerprint density at radius 2 is 2.06 bits per heavy atom. The van der Waals surface area contributed by atoms with Gasteiger partial charge in [0.15, 0.2) is 0 Å². The van der Waals surface area contributed by atoms with Gasteiger partial charge in [-0.3, -0.25) is 4.79 Å². The molecule has 18 heavy (non-hydrogen) atoms. The van der Waals surface area contributed by atoms with Gasteiger partial charge in [-0.2, -0.15) is 0 Å². The number of carbonyl (C=O) groups excluding carboxylic acids is 1. The molecule has 1 aliphatic rings. The minimum atomic E-state index is -0.355. The van der Waals surface area contributed by atoms with Crippen molar-refractivity contribution in [3.63, 3.8) is 0 Å². The monoisotopic (exact) mass is 249 g/mol. The highest BCUT2D eigenvalue weighted by Gasteiger charge is 2.35. The van der Waals surface area contributed by atoms with Gasteiger partial charge in [-0.1, -0.05) is 24.3 Å². The quantitative estimate of drug-likeness (QED) is 0.822. The smallest absolute Gasteiger partial charge is 0.313 e. The number of hydrogen-bond donors (Lipinski definition) is 1. The van der Waals surface area contributed by atoms with Gasteiger partial charge in [0.1, 0.15) is 0 Å². The molecule has 0 bridgehead atoms. The Kier molecular flexibility index (Phi) is 3.68. The number of benzene rings is 1. The molecule has 1 aliphatic heterocycles. The molecule has 98 valence electrons. The van der Waals surface area contributed by atoms with Crippen molar-refractivity contribution in [1.82, 2.24) is 0 Å². The van der Waals surface area contributed by atoms with Crippen molar-refractivity contribution in [2.75, 3.05) is 19.8 Å². The van der Waals surface area contributed by atoms with Crippen molar-refractivity contribution in [3.8, 4) is 0 Å². The zero-order chi connectivity index (χ0) is 13.2. The second-order valence-corrected chi connectivity index (χ2v) is 4.74. The van der Waals surface area contributed by atoms with Gasteiger partial charge in [-0.15, -0.1) is 0 Å². The average Bonchev–Trinajstić information content (AvgIpc) is 2.35.